The quantitative estimate of drug-likeness (QED) is 0.120. The molecule has 10 atom stereocenters. The molecule has 0 amide bonds. The highest BCUT2D eigenvalue weighted by molar-refractivity contribution is 9.10. The molecule has 0 aromatic heterocycles. The molecular weight excluding hydrogens is 924 g/mol. The third-order valence-corrected chi connectivity index (χ3v) is 13.5. The molecule has 1 aromatic carbocycles. The number of hydrogen-bond donors (Lipinski definition) is 3. The molecule has 4 aliphatic heterocycles. The van der Waals surface area contributed by atoms with Crippen molar-refractivity contribution in [1.29, 1.82) is 0 Å². The second kappa shape index (κ2) is 21.1. The van der Waals surface area contributed by atoms with Gasteiger partial charge in [-0.1, -0.05) is 73.0 Å². The summed E-state index contributed by atoms with van der Waals surface area (Å²) in [5.74, 6) is -7.35. The van der Waals surface area contributed by atoms with Crippen LogP contribution in [0, 0.1) is 16.2 Å². The first-order valence-corrected chi connectivity index (χ1v) is 23.2. The SMILES string of the molecule is COC(=O)/C=C1/C[C@H]2C[C@]3(O)O[C@H](C[C@@H](O)CC(=O)O[C@@H]([C@@H](C)OC(=O)c4cccc(Br)c4)C[C@@H]4C/C(=C\C(=O)OC)C[C@@](O)(O4)C(C)(C)/C=C\[C@@H](C1)O2)C[C@H](OC(=O)C(C)(C)C)C3(C)C. The van der Waals surface area contributed by atoms with Gasteiger partial charge < -0.3 is 53.2 Å². The Morgan fingerprint density at radius 2 is 1.50 bits per heavy atom. The number of aliphatic hydroxyl groups excluding tert-OH is 1. The lowest BCUT2D eigenvalue weighted by atomic mass is 9.70. The van der Waals surface area contributed by atoms with Gasteiger partial charge in [-0.3, -0.25) is 9.59 Å². The summed E-state index contributed by atoms with van der Waals surface area (Å²) in [7, 11) is 2.50. The molecule has 4 aliphatic rings. The molecule has 0 aliphatic carbocycles. The van der Waals surface area contributed by atoms with Crippen molar-refractivity contribution in [3.8, 4) is 0 Å². The van der Waals surface area contributed by atoms with Crippen molar-refractivity contribution in [2.24, 2.45) is 16.2 Å². The maximum absolute atomic E-state index is 13.9. The summed E-state index contributed by atoms with van der Waals surface area (Å²) in [5.41, 5.74) is -2.00. The highest BCUT2D eigenvalue weighted by atomic mass is 79.9. The number of halogens is 1. The summed E-state index contributed by atoms with van der Waals surface area (Å²) in [6, 6.07) is 6.56. The number of aliphatic hydroxyl groups is 3. The van der Waals surface area contributed by atoms with Gasteiger partial charge in [-0.15, -0.1) is 0 Å². The summed E-state index contributed by atoms with van der Waals surface area (Å²) in [6.07, 6.45) is -2.32. The van der Waals surface area contributed by atoms with Crippen LogP contribution in [0.15, 0.2) is 64.2 Å². The second-order valence-electron chi connectivity index (χ2n) is 20.2. The summed E-state index contributed by atoms with van der Waals surface area (Å²) in [6.45, 7) is 13.6. The van der Waals surface area contributed by atoms with Crippen molar-refractivity contribution >= 4 is 45.8 Å². The molecule has 3 saturated heterocycles. The average Bonchev–Trinajstić information content (AvgIpc) is 3.20. The molecule has 0 saturated carbocycles. The molecule has 4 heterocycles. The number of carbonyl (C=O) groups excluding carboxylic acids is 5. The molecule has 6 bridgehead atoms. The first-order chi connectivity index (χ1) is 30.6. The standard InChI is InChI=1S/C49H67BrO16/c1-28(61-43(55)31-12-11-13-32(50)21-31)38-24-35-18-30(20-41(53)60-10)26-48(57,65-35)46(5,6)15-14-34-16-29(19-40(52)59-9)17-37(62-34)27-49(58)47(7,8)39(64-44(56)45(2,3)4)25-36(66-49)22-33(51)23-42(54)63-38/h11-15,19-21,28,33-39,51,57-58H,16-18,22-27H2,1-10H3/b15-14-,29-19+,30-20+/t28-,33-,34+,35+,36-,37+,38-,39+,48-,49+/m1/s1. The van der Waals surface area contributed by atoms with Crippen LogP contribution in [0.2, 0.25) is 0 Å². The van der Waals surface area contributed by atoms with Gasteiger partial charge in [-0.2, -0.15) is 0 Å². The summed E-state index contributed by atoms with van der Waals surface area (Å²) < 4.78 is 48.2. The molecule has 16 nitrogen and oxygen atoms in total. The number of carbonyl (C=O) groups is 5. The van der Waals surface area contributed by atoms with E-state index in [2.05, 4.69) is 15.9 Å². The summed E-state index contributed by atoms with van der Waals surface area (Å²) in [5, 5.41) is 36.8. The van der Waals surface area contributed by atoms with E-state index >= 15 is 0 Å². The minimum absolute atomic E-state index is 0.0667. The Bertz CT molecular complexity index is 2050. The van der Waals surface area contributed by atoms with Crippen molar-refractivity contribution in [2.75, 3.05) is 14.2 Å². The van der Waals surface area contributed by atoms with E-state index in [1.54, 1.807) is 91.8 Å². The lowest BCUT2D eigenvalue weighted by molar-refractivity contribution is -0.349. The molecule has 0 radical (unpaired) electrons. The van der Waals surface area contributed by atoms with Gasteiger partial charge in [-0.25, -0.2) is 14.4 Å². The Hall–Kier alpha value is -3.97. The number of rotatable bonds is 6. The lowest BCUT2D eigenvalue weighted by Crippen LogP contribution is -2.62. The van der Waals surface area contributed by atoms with E-state index in [1.807, 2.05) is 0 Å². The third kappa shape index (κ3) is 13.2. The smallest absolute Gasteiger partial charge is 0.338 e. The predicted molar refractivity (Wildman–Crippen MR) is 241 cm³/mol. The fraction of sp³-hybridized carbons (Fsp3) is 0.653. The Kier molecular flexibility index (Phi) is 17.0. The van der Waals surface area contributed by atoms with Crippen molar-refractivity contribution in [3.05, 3.63) is 69.8 Å². The van der Waals surface area contributed by atoms with E-state index in [4.69, 9.17) is 37.9 Å². The van der Waals surface area contributed by atoms with Crippen LogP contribution < -0.4 is 0 Å². The normalized spacial score (nSPS) is 33.9. The summed E-state index contributed by atoms with van der Waals surface area (Å²) >= 11 is 3.36. The average molecular weight is 992 g/mol. The van der Waals surface area contributed by atoms with E-state index in [0.29, 0.717) is 15.6 Å². The largest absolute Gasteiger partial charge is 0.466 e. The Labute approximate surface area is 395 Å². The fourth-order valence-electron chi connectivity index (χ4n) is 8.76. The van der Waals surface area contributed by atoms with Gasteiger partial charge in [-0.05, 0) is 65.2 Å². The molecule has 5 rings (SSSR count). The molecule has 0 spiro atoms. The van der Waals surface area contributed by atoms with Crippen LogP contribution in [0.1, 0.15) is 124 Å². The number of esters is 5. The lowest BCUT2D eigenvalue weighted by Gasteiger charge is -2.54. The van der Waals surface area contributed by atoms with Crippen molar-refractivity contribution in [3.63, 3.8) is 0 Å². The minimum atomic E-state index is -2.05. The molecule has 17 heteroatoms. The molecule has 366 valence electrons. The van der Waals surface area contributed by atoms with Crippen LogP contribution in [-0.2, 0) is 57.1 Å². The summed E-state index contributed by atoms with van der Waals surface area (Å²) in [4.78, 5) is 65.9. The zero-order valence-electron chi connectivity index (χ0n) is 39.6. The van der Waals surface area contributed by atoms with Gasteiger partial charge in [0.05, 0.1) is 67.6 Å². The van der Waals surface area contributed by atoms with E-state index in [9.17, 15) is 39.3 Å². The first-order valence-electron chi connectivity index (χ1n) is 22.4. The topological polar surface area (TPSA) is 220 Å². The van der Waals surface area contributed by atoms with Crippen LogP contribution in [0.4, 0.5) is 0 Å². The van der Waals surface area contributed by atoms with Crippen LogP contribution in [-0.4, -0.2) is 120 Å². The van der Waals surface area contributed by atoms with E-state index in [-0.39, 0.29) is 56.9 Å². The number of hydrogen-bond acceptors (Lipinski definition) is 16. The molecule has 66 heavy (non-hydrogen) atoms. The van der Waals surface area contributed by atoms with E-state index in [1.165, 1.54) is 26.4 Å². The number of fused-ring (bicyclic) bond motifs is 6. The van der Waals surface area contributed by atoms with Gasteiger partial charge in [0.15, 0.2) is 11.6 Å². The van der Waals surface area contributed by atoms with Crippen molar-refractivity contribution < 1.29 is 77.2 Å². The maximum Gasteiger partial charge on any atom is 0.338 e. The molecule has 3 N–H and O–H groups in total. The second-order valence-corrected chi connectivity index (χ2v) is 21.1. The van der Waals surface area contributed by atoms with Crippen LogP contribution in [0.25, 0.3) is 0 Å². The van der Waals surface area contributed by atoms with Crippen LogP contribution in [0.5, 0.6) is 0 Å². The number of methoxy groups -OCH3 is 2. The van der Waals surface area contributed by atoms with Crippen molar-refractivity contribution in [1.82, 2.24) is 0 Å². The molecule has 0 unspecified atom stereocenters. The molecular formula is C49H67BrO16. The van der Waals surface area contributed by atoms with E-state index < -0.39 is 113 Å². The minimum Gasteiger partial charge on any atom is -0.466 e. The molecule has 1 aromatic rings. The zero-order valence-corrected chi connectivity index (χ0v) is 41.2. The van der Waals surface area contributed by atoms with Gasteiger partial charge >= 0.3 is 29.8 Å². The highest BCUT2D eigenvalue weighted by Gasteiger charge is 2.58. The number of benzene rings is 1. The molecule has 3 fully saturated rings. The van der Waals surface area contributed by atoms with E-state index in [0.717, 1.165) is 0 Å². The fourth-order valence-corrected chi connectivity index (χ4v) is 9.16. The zero-order chi connectivity index (χ0) is 49.0. The first kappa shape index (κ1) is 53.0. The van der Waals surface area contributed by atoms with Crippen LogP contribution >= 0.6 is 15.9 Å². The van der Waals surface area contributed by atoms with Gasteiger partial charge in [0, 0.05) is 54.1 Å². The van der Waals surface area contributed by atoms with Crippen molar-refractivity contribution in [2.45, 2.75) is 174 Å². The van der Waals surface area contributed by atoms with Crippen LogP contribution in [0.3, 0.4) is 0 Å². The Balaban J connectivity index is 1.59. The predicted octanol–water partition coefficient (Wildman–Crippen LogP) is 6.50. The number of cyclic esters (lactones) is 1. The van der Waals surface area contributed by atoms with Gasteiger partial charge in [0.2, 0.25) is 0 Å². The Morgan fingerprint density at radius 1 is 0.864 bits per heavy atom. The Morgan fingerprint density at radius 3 is 2.14 bits per heavy atom. The van der Waals surface area contributed by atoms with Gasteiger partial charge in [0.1, 0.15) is 18.3 Å². The highest BCUT2D eigenvalue weighted by Crippen LogP contribution is 2.50. The maximum atomic E-state index is 13.9. The third-order valence-electron chi connectivity index (χ3n) is 13.0. The monoisotopic (exact) mass is 990 g/mol. The van der Waals surface area contributed by atoms with Gasteiger partial charge in [0.25, 0.3) is 0 Å². The number of ether oxygens (including phenoxy) is 8.